The van der Waals surface area contributed by atoms with Crippen molar-refractivity contribution < 1.29 is 8.78 Å². The molecule has 0 unspecified atom stereocenters. The summed E-state index contributed by atoms with van der Waals surface area (Å²) in [6.45, 7) is 0. The number of hydrogen-bond acceptors (Lipinski definition) is 4. The molecule has 0 atom stereocenters. The molecule has 4 nitrogen and oxygen atoms in total. The quantitative estimate of drug-likeness (QED) is 0.859. The molecule has 2 N–H and O–H groups in total. The first kappa shape index (κ1) is 11.3. The van der Waals surface area contributed by atoms with E-state index in [0.29, 0.717) is 5.69 Å². The van der Waals surface area contributed by atoms with Crippen molar-refractivity contribution in [1.82, 2.24) is 9.97 Å². The predicted octanol–water partition coefficient (Wildman–Crippen LogP) is 2.54. The second kappa shape index (κ2) is 4.73. The summed E-state index contributed by atoms with van der Waals surface area (Å²) in [4.78, 5) is 7.68. The second-order valence-corrected chi connectivity index (χ2v) is 3.27. The molecule has 17 heavy (non-hydrogen) atoms. The van der Waals surface area contributed by atoms with Gasteiger partial charge in [0.1, 0.15) is 5.82 Å². The van der Waals surface area contributed by atoms with E-state index in [2.05, 4.69) is 20.6 Å². The summed E-state index contributed by atoms with van der Waals surface area (Å²) in [5, 5.41) is 5.44. The Morgan fingerprint density at radius 3 is 2.47 bits per heavy atom. The minimum atomic E-state index is -0.530. The van der Waals surface area contributed by atoms with Gasteiger partial charge >= 0.3 is 0 Å². The van der Waals surface area contributed by atoms with Crippen LogP contribution in [0.5, 0.6) is 0 Å². The zero-order valence-corrected chi connectivity index (χ0v) is 9.04. The standard InChI is InChI=1S/C11H10F2N4/c1-14-10-9(13)6-15-11(17-10)16-8-4-2-7(12)3-5-8/h2-6H,1H3,(H2,14,15,16,17). The summed E-state index contributed by atoms with van der Waals surface area (Å²) in [6, 6.07) is 5.71. The molecule has 2 aromatic rings. The van der Waals surface area contributed by atoms with E-state index in [0.717, 1.165) is 6.20 Å². The average Bonchev–Trinajstić information content (AvgIpc) is 2.34. The number of nitrogens with one attached hydrogen (secondary N) is 2. The Kier molecular flexibility index (Phi) is 3.13. The second-order valence-electron chi connectivity index (χ2n) is 3.27. The maximum absolute atomic E-state index is 13.1. The Hall–Kier alpha value is -2.24. The van der Waals surface area contributed by atoms with Gasteiger partial charge in [-0.25, -0.2) is 13.8 Å². The molecule has 1 aromatic heterocycles. The van der Waals surface area contributed by atoms with Crippen molar-refractivity contribution in [1.29, 1.82) is 0 Å². The molecule has 0 amide bonds. The van der Waals surface area contributed by atoms with Crippen LogP contribution in [0.4, 0.5) is 26.2 Å². The van der Waals surface area contributed by atoms with Gasteiger partial charge in [-0.05, 0) is 24.3 Å². The molecule has 0 spiro atoms. The van der Waals surface area contributed by atoms with Gasteiger partial charge in [-0.3, -0.25) is 0 Å². The number of nitrogens with zero attached hydrogens (tertiary/aromatic N) is 2. The topological polar surface area (TPSA) is 49.8 Å². The van der Waals surface area contributed by atoms with Gasteiger partial charge in [0, 0.05) is 12.7 Å². The molecule has 0 saturated heterocycles. The number of hydrogen-bond donors (Lipinski definition) is 2. The normalized spacial score (nSPS) is 10.1. The molecule has 6 heteroatoms. The van der Waals surface area contributed by atoms with Gasteiger partial charge in [-0.1, -0.05) is 0 Å². The molecule has 1 heterocycles. The maximum atomic E-state index is 13.1. The number of anilines is 3. The molecule has 0 bridgehead atoms. The fourth-order valence-electron chi connectivity index (χ4n) is 1.26. The minimum absolute atomic E-state index is 0.101. The lowest BCUT2D eigenvalue weighted by molar-refractivity contribution is 0.619. The van der Waals surface area contributed by atoms with Crippen LogP contribution in [0.25, 0.3) is 0 Å². The van der Waals surface area contributed by atoms with Crippen LogP contribution in [-0.2, 0) is 0 Å². The van der Waals surface area contributed by atoms with Gasteiger partial charge < -0.3 is 10.6 Å². The van der Waals surface area contributed by atoms with Crippen LogP contribution in [0, 0.1) is 11.6 Å². The summed E-state index contributed by atoms with van der Waals surface area (Å²) in [5.41, 5.74) is 0.625. The smallest absolute Gasteiger partial charge is 0.229 e. The van der Waals surface area contributed by atoms with E-state index >= 15 is 0 Å². The first-order valence-corrected chi connectivity index (χ1v) is 4.92. The van der Waals surface area contributed by atoms with Gasteiger partial charge in [0.05, 0.1) is 6.20 Å². The first-order chi connectivity index (χ1) is 8.19. The Labute approximate surface area is 96.7 Å². The van der Waals surface area contributed by atoms with Crippen LogP contribution in [0.1, 0.15) is 0 Å². The monoisotopic (exact) mass is 236 g/mol. The molecule has 0 fully saturated rings. The number of halogens is 2. The van der Waals surface area contributed by atoms with Gasteiger partial charge in [0.2, 0.25) is 5.95 Å². The zero-order chi connectivity index (χ0) is 12.3. The summed E-state index contributed by atoms with van der Waals surface area (Å²) >= 11 is 0. The van der Waals surface area contributed by atoms with Gasteiger partial charge in [0.25, 0.3) is 0 Å². The summed E-state index contributed by atoms with van der Waals surface area (Å²) in [6.07, 6.45) is 1.06. The van der Waals surface area contributed by atoms with Crippen LogP contribution < -0.4 is 10.6 Å². The minimum Gasteiger partial charge on any atom is -0.371 e. The van der Waals surface area contributed by atoms with E-state index in [1.54, 1.807) is 19.2 Å². The van der Waals surface area contributed by atoms with Crippen LogP contribution in [0.2, 0.25) is 0 Å². The molecule has 0 radical (unpaired) electrons. The van der Waals surface area contributed by atoms with Crippen LogP contribution in [0.15, 0.2) is 30.5 Å². The largest absolute Gasteiger partial charge is 0.371 e. The molecule has 0 aliphatic heterocycles. The molecular formula is C11H10F2N4. The molecular weight excluding hydrogens is 226 g/mol. The summed E-state index contributed by atoms with van der Waals surface area (Å²) < 4.78 is 25.8. The van der Waals surface area contributed by atoms with E-state index in [9.17, 15) is 8.78 Å². The highest BCUT2D eigenvalue weighted by Gasteiger charge is 2.05. The van der Waals surface area contributed by atoms with Crippen molar-refractivity contribution in [2.45, 2.75) is 0 Å². The van der Waals surface area contributed by atoms with E-state index < -0.39 is 5.82 Å². The Morgan fingerprint density at radius 1 is 1.12 bits per heavy atom. The third-order valence-corrected chi connectivity index (χ3v) is 2.08. The van der Waals surface area contributed by atoms with Crippen molar-refractivity contribution in [3.8, 4) is 0 Å². The molecule has 1 aromatic carbocycles. The lowest BCUT2D eigenvalue weighted by atomic mass is 10.3. The Balaban J connectivity index is 2.21. The summed E-state index contributed by atoms with van der Waals surface area (Å²) in [7, 11) is 1.56. The van der Waals surface area contributed by atoms with Crippen molar-refractivity contribution in [3.63, 3.8) is 0 Å². The third-order valence-electron chi connectivity index (χ3n) is 2.08. The molecule has 88 valence electrons. The summed E-state index contributed by atoms with van der Waals surface area (Å²) in [5.74, 6) is -0.518. The fraction of sp³-hybridized carbons (Fsp3) is 0.0909. The molecule has 0 aliphatic carbocycles. The highest BCUT2D eigenvalue weighted by atomic mass is 19.1. The molecule has 0 saturated carbocycles. The molecule has 0 aliphatic rings. The van der Waals surface area contributed by atoms with Crippen molar-refractivity contribution in [2.24, 2.45) is 0 Å². The predicted molar refractivity (Wildman–Crippen MR) is 61.2 cm³/mol. The zero-order valence-electron chi connectivity index (χ0n) is 9.04. The van der Waals surface area contributed by atoms with E-state index in [4.69, 9.17) is 0 Å². The highest BCUT2D eigenvalue weighted by Crippen LogP contribution is 2.16. The van der Waals surface area contributed by atoms with Crippen molar-refractivity contribution in [3.05, 3.63) is 42.1 Å². The maximum Gasteiger partial charge on any atom is 0.229 e. The third kappa shape index (κ3) is 2.66. The Morgan fingerprint density at radius 2 is 1.82 bits per heavy atom. The van der Waals surface area contributed by atoms with Gasteiger partial charge in [0.15, 0.2) is 11.6 Å². The lowest BCUT2D eigenvalue weighted by Crippen LogP contribution is -2.02. The number of benzene rings is 1. The fourth-order valence-corrected chi connectivity index (χ4v) is 1.26. The van der Waals surface area contributed by atoms with E-state index in [-0.39, 0.29) is 17.6 Å². The first-order valence-electron chi connectivity index (χ1n) is 4.92. The Bertz CT molecular complexity index is 513. The van der Waals surface area contributed by atoms with Gasteiger partial charge in [-0.2, -0.15) is 4.98 Å². The van der Waals surface area contributed by atoms with E-state index in [1.807, 2.05) is 0 Å². The van der Waals surface area contributed by atoms with Crippen molar-refractivity contribution >= 4 is 17.5 Å². The van der Waals surface area contributed by atoms with Crippen LogP contribution >= 0.6 is 0 Å². The number of rotatable bonds is 3. The van der Waals surface area contributed by atoms with Crippen molar-refractivity contribution in [2.75, 3.05) is 17.7 Å². The van der Waals surface area contributed by atoms with Crippen LogP contribution in [-0.4, -0.2) is 17.0 Å². The average molecular weight is 236 g/mol. The van der Waals surface area contributed by atoms with Crippen LogP contribution in [0.3, 0.4) is 0 Å². The SMILES string of the molecule is CNc1nc(Nc2ccc(F)cc2)ncc1F. The highest BCUT2D eigenvalue weighted by molar-refractivity contribution is 5.54. The van der Waals surface area contributed by atoms with E-state index in [1.165, 1.54) is 12.1 Å². The van der Waals surface area contributed by atoms with Gasteiger partial charge in [-0.15, -0.1) is 0 Å². The lowest BCUT2D eigenvalue weighted by Gasteiger charge is -2.06. The number of aromatic nitrogens is 2. The molecule has 2 rings (SSSR count).